The highest BCUT2D eigenvalue weighted by molar-refractivity contribution is 5.89. The van der Waals surface area contributed by atoms with Crippen molar-refractivity contribution in [3.63, 3.8) is 0 Å². The van der Waals surface area contributed by atoms with Crippen LogP contribution in [0.3, 0.4) is 0 Å². The Kier molecular flexibility index (Phi) is 3.05. The summed E-state index contributed by atoms with van der Waals surface area (Å²) < 4.78 is 0. The first-order chi connectivity index (χ1) is 8.16. The molecule has 2 N–H and O–H groups in total. The Morgan fingerprint density at radius 3 is 2.82 bits per heavy atom. The smallest absolute Gasteiger partial charge is 0.335 e. The number of rotatable bonds is 3. The standard InChI is InChI=1S/C13H12N2O2/c1-9-4-5-10(13(16)17)7-12(9)15-11-3-2-6-14-8-11/h2-8,15H,1H3,(H,16,17). The summed E-state index contributed by atoms with van der Waals surface area (Å²) in [5, 5.41) is 12.1. The molecule has 0 aliphatic heterocycles. The number of aromatic carboxylic acids is 1. The maximum absolute atomic E-state index is 10.9. The Morgan fingerprint density at radius 1 is 1.35 bits per heavy atom. The number of carbonyl (C=O) groups is 1. The predicted molar refractivity (Wildman–Crippen MR) is 65.7 cm³/mol. The second kappa shape index (κ2) is 4.65. The van der Waals surface area contributed by atoms with Crippen LogP contribution < -0.4 is 5.32 Å². The number of hydrogen-bond donors (Lipinski definition) is 2. The largest absolute Gasteiger partial charge is 0.478 e. The zero-order valence-electron chi connectivity index (χ0n) is 9.34. The molecule has 0 fully saturated rings. The molecule has 1 aromatic carbocycles. The van der Waals surface area contributed by atoms with Gasteiger partial charge in [-0.05, 0) is 36.8 Å². The van der Waals surface area contributed by atoms with Crippen molar-refractivity contribution in [2.75, 3.05) is 5.32 Å². The van der Waals surface area contributed by atoms with Crippen LogP contribution in [0.25, 0.3) is 0 Å². The topological polar surface area (TPSA) is 62.2 Å². The van der Waals surface area contributed by atoms with Crippen molar-refractivity contribution in [1.29, 1.82) is 0 Å². The highest BCUT2D eigenvalue weighted by Crippen LogP contribution is 2.21. The number of hydrogen-bond acceptors (Lipinski definition) is 3. The zero-order chi connectivity index (χ0) is 12.3. The number of benzene rings is 1. The van der Waals surface area contributed by atoms with E-state index in [0.717, 1.165) is 16.9 Å². The number of aromatic nitrogens is 1. The quantitative estimate of drug-likeness (QED) is 0.847. The molecule has 1 aromatic heterocycles. The van der Waals surface area contributed by atoms with Crippen molar-refractivity contribution in [3.05, 3.63) is 53.9 Å². The lowest BCUT2D eigenvalue weighted by molar-refractivity contribution is 0.0697. The van der Waals surface area contributed by atoms with Gasteiger partial charge in [0.25, 0.3) is 0 Å². The summed E-state index contributed by atoms with van der Waals surface area (Å²) in [6, 6.07) is 8.68. The number of nitrogens with one attached hydrogen (secondary N) is 1. The summed E-state index contributed by atoms with van der Waals surface area (Å²) in [6.45, 7) is 1.92. The average Bonchev–Trinajstić information content (AvgIpc) is 2.33. The zero-order valence-corrected chi connectivity index (χ0v) is 9.34. The molecule has 2 aromatic rings. The molecule has 4 heteroatoms. The van der Waals surface area contributed by atoms with Crippen molar-refractivity contribution in [2.24, 2.45) is 0 Å². The maximum Gasteiger partial charge on any atom is 0.335 e. The van der Waals surface area contributed by atoms with E-state index in [1.807, 2.05) is 19.1 Å². The maximum atomic E-state index is 10.9. The van der Waals surface area contributed by atoms with Gasteiger partial charge < -0.3 is 10.4 Å². The van der Waals surface area contributed by atoms with E-state index in [4.69, 9.17) is 5.11 Å². The number of carboxylic acid groups (broad SMARTS) is 1. The summed E-state index contributed by atoms with van der Waals surface area (Å²) in [6.07, 6.45) is 3.37. The molecule has 0 amide bonds. The van der Waals surface area contributed by atoms with Crippen LogP contribution in [0.4, 0.5) is 11.4 Å². The van der Waals surface area contributed by atoms with Gasteiger partial charge in [-0.15, -0.1) is 0 Å². The van der Waals surface area contributed by atoms with Gasteiger partial charge in [0.1, 0.15) is 0 Å². The number of carboxylic acids is 1. The van der Waals surface area contributed by atoms with Gasteiger partial charge in [-0.3, -0.25) is 4.98 Å². The van der Waals surface area contributed by atoms with Crippen molar-refractivity contribution < 1.29 is 9.90 Å². The molecule has 0 saturated carbocycles. The first-order valence-corrected chi connectivity index (χ1v) is 5.18. The molecule has 17 heavy (non-hydrogen) atoms. The normalized spacial score (nSPS) is 9.94. The summed E-state index contributed by atoms with van der Waals surface area (Å²) in [5.74, 6) is -0.931. The van der Waals surface area contributed by atoms with Crippen molar-refractivity contribution >= 4 is 17.3 Å². The van der Waals surface area contributed by atoms with E-state index in [0.29, 0.717) is 0 Å². The summed E-state index contributed by atoms with van der Waals surface area (Å²) in [5.41, 5.74) is 2.86. The third-order valence-corrected chi connectivity index (χ3v) is 2.43. The molecule has 0 spiro atoms. The fraction of sp³-hybridized carbons (Fsp3) is 0.0769. The van der Waals surface area contributed by atoms with Crippen LogP contribution in [-0.4, -0.2) is 16.1 Å². The second-order valence-electron chi connectivity index (χ2n) is 3.70. The molecular formula is C13H12N2O2. The van der Waals surface area contributed by atoms with Crippen LogP contribution in [-0.2, 0) is 0 Å². The van der Waals surface area contributed by atoms with Crippen molar-refractivity contribution in [3.8, 4) is 0 Å². The highest BCUT2D eigenvalue weighted by atomic mass is 16.4. The Bertz CT molecular complexity index is 538. The third-order valence-electron chi connectivity index (χ3n) is 2.43. The number of pyridine rings is 1. The van der Waals surface area contributed by atoms with Crippen LogP contribution in [0.15, 0.2) is 42.7 Å². The van der Waals surface area contributed by atoms with E-state index in [2.05, 4.69) is 10.3 Å². The first-order valence-electron chi connectivity index (χ1n) is 5.18. The minimum atomic E-state index is -0.931. The number of aryl methyl sites for hydroxylation is 1. The fourth-order valence-corrected chi connectivity index (χ4v) is 1.48. The monoisotopic (exact) mass is 228 g/mol. The Labute approximate surface area is 98.9 Å². The average molecular weight is 228 g/mol. The van der Waals surface area contributed by atoms with Gasteiger partial charge in [0.05, 0.1) is 17.4 Å². The van der Waals surface area contributed by atoms with Gasteiger partial charge in [-0.2, -0.15) is 0 Å². The summed E-state index contributed by atoms with van der Waals surface area (Å²) in [4.78, 5) is 14.9. The van der Waals surface area contributed by atoms with Gasteiger partial charge in [0, 0.05) is 11.9 Å². The number of anilines is 2. The SMILES string of the molecule is Cc1ccc(C(=O)O)cc1Nc1cccnc1. The van der Waals surface area contributed by atoms with Gasteiger partial charge in [-0.1, -0.05) is 6.07 Å². The summed E-state index contributed by atoms with van der Waals surface area (Å²) in [7, 11) is 0. The van der Waals surface area contributed by atoms with Crippen LogP contribution in [0.1, 0.15) is 15.9 Å². The Hall–Kier alpha value is -2.36. The number of nitrogens with zero attached hydrogens (tertiary/aromatic N) is 1. The molecule has 4 nitrogen and oxygen atoms in total. The van der Waals surface area contributed by atoms with Crippen molar-refractivity contribution in [1.82, 2.24) is 4.98 Å². The van der Waals surface area contributed by atoms with E-state index in [1.54, 1.807) is 30.6 Å². The lowest BCUT2D eigenvalue weighted by atomic mass is 10.1. The molecular weight excluding hydrogens is 216 g/mol. The minimum Gasteiger partial charge on any atom is -0.478 e. The van der Waals surface area contributed by atoms with E-state index in [9.17, 15) is 4.79 Å². The lowest BCUT2D eigenvalue weighted by Crippen LogP contribution is -1.99. The van der Waals surface area contributed by atoms with Crippen LogP contribution >= 0.6 is 0 Å². The highest BCUT2D eigenvalue weighted by Gasteiger charge is 2.06. The Morgan fingerprint density at radius 2 is 2.18 bits per heavy atom. The van der Waals surface area contributed by atoms with Gasteiger partial charge in [0.15, 0.2) is 0 Å². The molecule has 0 atom stereocenters. The third kappa shape index (κ3) is 2.60. The van der Waals surface area contributed by atoms with E-state index >= 15 is 0 Å². The van der Waals surface area contributed by atoms with Crippen molar-refractivity contribution in [2.45, 2.75) is 6.92 Å². The molecule has 0 unspecified atom stereocenters. The first kappa shape index (κ1) is 11.1. The minimum absolute atomic E-state index is 0.266. The fourth-order valence-electron chi connectivity index (χ4n) is 1.48. The van der Waals surface area contributed by atoms with E-state index < -0.39 is 5.97 Å². The lowest BCUT2D eigenvalue weighted by Gasteiger charge is -2.09. The van der Waals surface area contributed by atoms with Crippen LogP contribution in [0.5, 0.6) is 0 Å². The van der Waals surface area contributed by atoms with Crippen LogP contribution in [0.2, 0.25) is 0 Å². The molecule has 1 heterocycles. The second-order valence-corrected chi connectivity index (χ2v) is 3.70. The van der Waals surface area contributed by atoms with Gasteiger partial charge in [0.2, 0.25) is 0 Å². The van der Waals surface area contributed by atoms with Crippen LogP contribution in [0, 0.1) is 6.92 Å². The molecule has 2 rings (SSSR count). The molecule has 0 aliphatic rings. The van der Waals surface area contributed by atoms with E-state index in [1.165, 1.54) is 0 Å². The summed E-state index contributed by atoms with van der Waals surface area (Å²) >= 11 is 0. The molecule has 0 aliphatic carbocycles. The van der Waals surface area contributed by atoms with Gasteiger partial charge in [-0.25, -0.2) is 4.79 Å². The van der Waals surface area contributed by atoms with E-state index in [-0.39, 0.29) is 5.56 Å². The predicted octanol–water partition coefficient (Wildman–Crippen LogP) is 2.83. The Balaban J connectivity index is 2.32. The molecule has 0 bridgehead atoms. The van der Waals surface area contributed by atoms with Gasteiger partial charge >= 0.3 is 5.97 Å². The molecule has 86 valence electrons. The molecule has 0 saturated heterocycles. The molecule has 0 radical (unpaired) electrons.